The fraction of sp³-hybridized carbons (Fsp3) is 0.667. The van der Waals surface area contributed by atoms with Gasteiger partial charge in [-0.15, -0.1) is 5.10 Å². The van der Waals surface area contributed by atoms with E-state index in [0.717, 1.165) is 0 Å². The predicted molar refractivity (Wildman–Crippen MR) is 39.8 cm³/mol. The van der Waals surface area contributed by atoms with Crippen LogP contribution in [0.25, 0.3) is 0 Å². The van der Waals surface area contributed by atoms with E-state index in [1.807, 2.05) is 6.92 Å². The number of aliphatic hydroxyl groups is 1. The van der Waals surface area contributed by atoms with Gasteiger partial charge in [-0.05, 0) is 6.92 Å². The number of aliphatic hydroxyl groups excluding tert-OH is 1. The molecule has 0 spiro atoms. The Morgan fingerprint density at radius 1 is 1.73 bits per heavy atom. The van der Waals surface area contributed by atoms with E-state index in [9.17, 15) is 0 Å². The van der Waals surface area contributed by atoms with Crippen LogP contribution in [0.3, 0.4) is 0 Å². The highest BCUT2D eigenvalue weighted by Crippen LogP contribution is 2.05. The molecule has 11 heavy (non-hydrogen) atoms. The number of hydrogen-bond acceptors (Lipinski definition) is 4. The van der Waals surface area contributed by atoms with Crippen molar-refractivity contribution in [1.29, 1.82) is 0 Å². The Morgan fingerprint density at radius 3 is 2.82 bits per heavy atom. The molecule has 0 aliphatic heterocycles. The van der Waals surface area contributed by atoms with Gasteiger partial charge >= 0.3 is 0 Å². The molecule has 3 N–H and O–H groups in total. The van der Waals surface area contributed by atoms with E-state index < -0.39 is 0 Å². The minimum Gasteiger partial charge on any atom is -0.394 e. The van der Waals surface area contributed by atoms with Crippen LogP contribution in [-0.2, 0) is 0 Å². The molecular formula is C6H12N4O. The van der Waals surface area contributed by atoms with Crippen LogP contribution >= 0.6 is 0 Å². The second-order valence-corrected chi connectivity index (χ2v) is 2.49. The lowest BCUT2D eigenvalue weighted by Gasteiger charge is -2.17. The van der Waals surface area contributed by atoms with Gasteiger partial charge in [-0.1, -0.05) is 5.21 Å². The third-order valence-electron chi connectivity index (χ3n) is 1.57. The van der Waals surface area contributed by atoms with Gasteiger partial charge in [0.15, 0.2) is 0 Å². The minimum atomic E-state index is -0.169. The van der Waals surface area contributed by atoms with Crippen molar-refractivity contribution in [3.8, 4) is 0 Å². The molecule has 5 nitrogen and oxygen atoms in total. The van der Waals surface area contributed by atoms with E-state index in [4.69, 9.17) is 10.8 Å². The summed E-state index contributed by atoms with van der Waals surface area (Å²) in [7, 11) is 0. The summed E-state index contributed by atoms with van der Waals surface area (Å²) >= 11 is 0. The molecule has 0 fully saturated rings. The van der Waals surface area contributed by atoms with Crippen molar-refractivity contribution in [1.82, 2.24) is 15.0 Å². The summed E-state index contributed by atoms with van der Waals surface area (Å²) < 4.78 is 1.56. The second-order valence-electron chi connectivity index (χ2n) is 2.49. The molecule has 5 heteroatoms. The van der Waals surface area contributed by atoms with Gasteiger partial charge in [0.1, 0.15) is 0 Å². The SMILES string of the molecule is CC(N)C(CO)n1ccnn1. The smallest absolute Gasteiger partial charge is 0.0915 e. The quantitative estimate of drug-likeness (QED) is 0.598. The van der Waals surface area contributed by atoms with Gasteiger partial charge in [0.25, 0.3) is 0 Å². The van der Waals surface area contributed by atoms with Crippen molar-refractivity contribution in [2.75, 3.05) is 6.61 Å². The molecule has 1 rings (SSSR count). The van der Waals surface area contributed by atoms with Crippen molar-refractivity contribution in [2.24, 2.45) is 5.73 Å². The highest BCUT2D eigenvalue weighted by molar-refractivity contribution is 4.77. The summed E-state index contributed by atoms with van der Waals surface area (Å²) in [5, 5.41) is 16.3. The van der Waals surface area contributed by atoms with Crippen molar-refractivity contribution < 1.29 is 5.11 Å². The van der Waals surface area contributed by atoms with Crippen molar-refractivity contribution in [3.63, 3.8) is 0 Å². The lowest BCUT2D eigenvalue weighted by molar-refractivity contribution is 0.199. The zero-order valence-electron chi connectivity index (χ0n) is 6.38. The fourth-order valence-corrected chi connectivity index (χ4v) is 0.885. The highest BCUT2D eigenvalue weighted by Gasteiger charge is 2.14. The number of nitrogens with zero attached hydrogens (tertiary/aromatic N) is 3. The number of aromatic nitrogens is 3. The molecule has 0 amide bonds. The second kappa shape index (κ2) is 3.45. The Kier molecular flexibility index (Phi) is 2.56. The summed E-state index contributed by atoms with van der Waals surface area (Å²) in [5.74, 6) is 0. The zero-order chi connectivity index (χ0) is 8.27. The maximum atomic E-state index is 8.90. The third kappa shape index (κ3) is 1.75. The predicted octanol–water partition coefficient (Wildman–Crippen LogP) is -0.841. The molecule has 0 aromatic carbocycles. The molecule has 0 bridgehead atoms. The van der Waals surface area contributed by atoms with Gasteiger partial charge in [0, 0.05) is 12.2 Å². The topological polar surface area (TPSA) is 77.0 Å². The van der Waals surface area contributed by atoms with E-state index in [2.05, 4.69) is 10.3 Å². The molecule has 1 aromatic heterocycles. The lowest BCUT2D eigenvalue weighted by Crippen LogP contribution is -2.32. The molecule has 2 atom stereocenters. The normalized spacial score (nSPS) is 16.3. The van der Waals surface area contributed by atoms with Crippen LogP contribution in [0.2, 0.25) is 0 Å². The van der Waals surface area contributed by atoms with E-state index in [1.54, 1.807) is 17.1 Å². The number of nitrogens with two attached hydrogens (primary N) is 1. The van der Waals surface area contributed by atoms with Crippen LogP contribution in [0.15, 0.2) is 12.4 Å². The monoisotopic (exact) mass is 156 g/mol. The zero-order valence-corrected chi connectivity index (χ0v) is 6.38. The van der Waals surface area contributed by atoms with Gasteiger partial charge in [0.2, 0.25) is 0 Å². The highest BCUT2D eigenvalue weighted by atomic mass is 16.3. The average molecular weight is 156 g/mol. The molecule has 0 aliphatic rings. The standard InChI is InChI=1S/C6H12N4O/c1-5(7)6(4-11)10-3-2-8-9-10/h2-3,5-6,11H,4,7H2,1H3. The minimum absolute atomic E-state index is 0.0129. The first-order valence-corrected chi connectivity index (χ1v) is 3.48. The van der Waals surface area contributed by atoms with Crippen molar-refractivity contribution in [2.45, 2.75) is 19.0 Å². The summed E-state index contributed by atoms with van der Waals surface area (Å²) in [5.41, 5.74) is 5.59. The van der Waals surface area contributed by atoms with Crippen molar-refractivity contribution in [3.05, 3.63) is 12.4 Å². The van der Waals surface area contributed by atoms with Crippen LogP contribution < -0.4 is 5.73 Å². The lowest BCUT2D eigenvalue weighted by atomic mass is 10.2. The van der Waals surface area contributed by atoms with Crippen LogP contribution in [0, 0.1) is 0 Å². The summed E-state index contributed by atoms with van der Waals surface area (Å²) in [4.78, 5) is 0. The average Bonchev–Trinajstić information content (AvgIpc) is 2.40. The largest absolute Gasteiger partial charge is 0.394 e. The molecule has 2 unspecified atom stereocenters. The third-order valence-corrected chi connectivity index (χ3v) is 1.57. The van der Waals surface area contributed by atoms with Crippen LogP contribution in [0.5, 0.6) is 0 Å². The molecule has 0 saturated heterocycles. The van der Waals surface area contributed by atoms with Gasteiger partial charge in [0.05, 0.1) is 18.8 Å². The molecule has 0 saturated carbocycles. The van der Waals surface area contributed by atoms with E-state index in [1.165, 1.54) is 0 Å². The van der Waals surface area contributed by atoms with Gasteiger partial charge in [-0.2, -0.15) is 0 Å². The fourth-order valence-electron chi connectivity index (χ4n) is 0.885. The Balaban J connectivity index is 2.71. The maximum Gasteiger partial charge on any atom is 0.0915 e. The molecule has 1 heterocycles. The van der Waals surface area contributed by atoms with Gasteiger partial charge in [-0.3, -0.25) is 0 Å². The number of rotatable bonds is 3. The van der Waals surface area contributed by atoms with E-state index >= 15 is 0 Å². The Hall–Kier alpha value is -0.940. The van der Waals surface area contributed by atoms with E-state index in [-0.39, 0.29) is 18.7 Å². The maximum absolute atomic E-state index is 8.90. The summed E-state index contributed by atoms with van der Waals surface area (Å²) in [6.45, 7) is 1.81. The van der Waals surface area contributed by atoms with Crippen LogP contribution in [-0.4, -0.2) is 32.7 Å². The Labute approximate surface area is 64.8 Å². The van der Waals surface area contributed by atoms with Crippen molar-refractivity contribution >= 4 is 0 Å². The molecule has 1 aromatic rings. The van der Waals surface area contributed by atoms with Gasteiger partial charge in [-0.25, -0.2) is 4.68 Å². The van der Waals surface area contributed by atoms with Crippen LogP contribution in [0.1, 0.15) is 13.0 Å². The van der Waals surface area contributed by atoms with Gasteiger partial charge < -0.3 is 10.8 Å². The Bertz CT molecular complexity index is 196. The number of hydrogen-bond donors (Lipinski definition) is 2. The van der Waals surface area contributed by atoms with E-state index in [0.29, 0.717) is 0 Å². The summed E-state index contributed by atoms with van der Waals surface area (Å²) in [6, 6.07) is -0.292. The molecule has 0 radical (unpaired) electrons. The first kappa shape index (κ1) is 8.16. The summed E-state index contributed by atoms with van der Waals surface area (Å²) in [6.07, 6.45) is 3.25. The Morgan fingerprint density at radius 2 is 2.45 bits per heavy atom. The molecule has 62 valence electrons. The van der Waals surface area contributed by atoms with Crippen LogP contribution in [0.4, 0.5) is 0 Å². The first-order chi connectivity index (χ1) is 5.25. The first-order valence-electron chi connectivity index (χ1n) is 3.48. The molecule has 0 aliphatic carbocycles. The molecular weight excluding hydrogens is 144 g/mol.